The maximum Gasteiger partial charge on any atom is 0.254 e. The first-order chi connectivity index (χ1) is 15.1. The molecular weight excluding hydrogens is 442 g/mol. The van der Waals surface area contributed by atoms with E-state index < -0.39 is 39.2 Å². The summed E-state index contributed by atoms with van der Waals surface area (Å²) in [5.41, 5.74) is 0.0653. The van der Waals surface area contributed by atoms with E-state index >= 15 is 0 Å². The summed E-state index contributed by atoms with van der Waals surface area (Å²) in [5, 5.41) is 8.05. The predicted molar refractivity (Wildman–Crippen MR) is 114 cm³/mol. The summed E-state index contributed by atoms with van der Waals surface area (Å²) in [7, 11) is -1.08. The van der Waals surface area contributed by atoms with Crippen molar-refractivity contribution in [2.45, 2.75) is 10.9 Å². The molecule has 0 saturated heterocycles. The fourth-order valence-corrected chi connectivity index (χ4v) is 4.23. The maximum absolute atomic E-state index is 14.5. The van der Waals surface area contributed by atoms with Crippen molar-refractivity contribution >= 4 is 39.1 Å². The van der Waals surface area contributed by atoms with Gasteiger partial charge in [0.2, 0.25) is 16.0 Å². The number of primary sulfonamides is 1. The molecule has 1 aliphatic rings. The highest BCUT2D eigenvalue weighted by atomic mass is 32.2. The first-order valence-electron chi connectivity index (χ1n) is 9.30. The number of aromatic nitrogens is 2. The minimum atomic E-state index is -4.02. The number of para-hydroxylation sites is 1. The standard InChI is InChI=1S/C20H18F2N6O3S/c1-27-14-10-24-20(25-13-8-3-4-9-15(13)32(23,30)31)26-18(14)28(2)17(19(27)29)16-11(21)6-5-7-12(16)22/h3-10,17H,1-2H3,(H2,23,30,31)(H,24,25,26). The molecule has 1 aliphatic heterocycles. The summed E-state index contributed by atoms with van der Waals surface area (Å²) in [6.07, 6.45) is 1.35. The van der Waals surface area contributed by atoms with Crippen molar-refractivity contribution in [3.8, 4) is 0 Å². The minimum Gasteiger partial charge on any atom is -0.342 e. The fourth-order valence-electron chi connectivity index (χ4n) is 3.54. The number of nitrogens with zero attached hydrogens (tertiary/aromatic N) is 4. The first kappa shape index (κ1) is 21.6. The number of likely N-dealkylation sites (N-methyl/N-ethyl adjacent to an activating group) is 2. The molecule has 1 atom stereocenters. The van der Waals surface area contributed by atoms with Gasteiger partial charge in [0.1, 0.15) is 28.3 Å². The Bertz CT molecular complexity index is 1310. The van der Waals surface area contributed by atoms with Crippen LogP contribution in [-0.2, 0) is 14.8 Å². The quantitative estimate of drug-likeness (QED) is 0.613. The van der Waals surface area contributed by atoms with Gasteiger partial charge in [0.15, 0.2) is 5.82 Å². The molecule has 0 fully saturated rings. The topological polar surface area (TPSA) is 122 Å². The van der Waals surface area contributed by atoms with Crippen LogP contribution in [0.2, 0.25) is 0 Å². The van der Waals surface area contributed by atoms with E-state index in [9.17, 15) is 22.0 Å². The Kier molecular flexibility index (Phi) is 5.26. The highest BCUT2D eigenvalue weighted by Gasteiger charge is 2.40. The molecule has 32 heavy (non-hydrogen) atoms. The lowest BCUT2D eigenvalue weighted by atomic mass is 10.0. The number of halogens is 2. The molecule has 0 saturated carbocycles. The van der Waals surface area contributed by atoms with Gasteiger partial charge in [-0.2, -0.15) is 4.98 Å². The van der Waals surface area contributed by atoms with Crippen LogP contribution in [0.15, 0.2) is 53.6 Å². The van der Waals surface area contributed by atoms with E-state index in [2.05, 4.69) is 15.3 Å². The Morgan fingerprint density at radius 3 is 2.38 bits per heavy atom. The average Bonchev–Trinajstić information content (AvgIpc) is 2.74. The Balaban J connectivity index is 1.78. The van der Waals surface area contributed by atoms with Gasteiger partial charge in [-0.15, -0.1) is 0 Å². The Hall–Kier alpha value is -3.64. The Morgan fingerprint density at radius 2 is 1.72 bits per heavy atom. The Morgan fingerprint density at radius 1 is 1.06 bits per heavy atom. The molecule has 1 unspecified atom stereocenters. The summed E-state index contributed by atoms with van der Waals surface area (Å²) in [6, 6.07) is 7.99. The van der Waals surface area contributed by atoms with Crippen molar-refractivity contribution in [1.29, 1.82) is 0 Å². The summed E-state index contributed by atoms with van der Waals surface area (Å²) in [5.74, 6) is -2.07. The number of fused-ring (bicyclic) bond motifs is 1. The monoisotopic (exact) mass is 460 g/mol. The van der Waals surface area contributed by atoms with Crippen molar-refractivity contribution < 1.29 is 22.0 Å². The zero-order chi connectivity index (χ0) is 23.2. The van der Waals surface area contributed by atoms with E-state index in [4.69, 9.17) is 5.14 Å². The number of sulfonamides is 1. The van der Waals surface area contributed by atoms with E-state index in [1.807, 2.05) is 0 Å². The van der Waals surface area contributed by atoms with Gasteiger partial charge in [-0.1, -0.05) is 18.2 Å². The predicted octanol–water partition coefficient (Wildman–Crippen LogP) is 2.30. The number of hydrogen-bond acceptors (Lipinski definition) is 7. The third kappa shape index (κ3) is 3.63. The molecule has 1 aromatic heterocycles. The van der Waals surface area contributed by atoms with Crippen molar-refractivity contribution in [1.82, 2.24) is 9.97 Å². The number of nitrogens with two attached hydrogens (primary N) is 1. The molecule has 3 aromatic rings. The lowest BCUT2D eigenvalue weighted by Crippen LogP contribution is -2.46. The zero-order valence-electron chi connectivity index (χ0n) is 17.0. The van der Waals surface area contributed by atoms with Crippen LogP contribution < -0.4 is 20.3 Å². The molecule has 3 N–H and O–H groups in total. The smallest absolute Gasteiger partial charge is 0.254 e. The van der Waals surface area contributed by atoms with E-state index in [0.717, 1.165) is 12.1 Å². The number of carbonyl (C=O) groups excluding carboxylic acids is 1. The lowest BCUT2D eigenvalue weighted by Gasteiger charge is -2.38. The zero-order valence-corrected chi connectivity index (χ0v) is 17.8. The number of nitrogens with one attached hydrogen (secondary N) is 1. The normalized spacial score (nSPS) is 16.2. The highest BCUT2D eigenvalue weighted by Crippen LogP contribution is 2.40. The largest absolute Gasteiger partial charge is 0.342 e. The number of rotatable bonds is 4. The molecule has 2 heterocycles. The number of benzene rings is 2. The third-order valence-corrected chi connectivity index (χ3v) is 6.08. The van der Waals surface area contributed by atoms with Crippen LogP contribution in [0.5, 0.6) is 0 Å². The van der Waals surface area contributed by atoms with Crippen LogP contribution in [0.3, 0.4) is 0 Å². The average molecular weight is 460 g/mol. The maximum atomic E-state index is 14.5. The van der Waals surface area contributed by atoms with Crippen LogP contribution in [0.4, 0.5) is 31.9 Å². The first-order valence-corrected chi connectivity index (χ1v) is 10.8. The molecule has 0 bridgehead atoms. The van der Waals surface area contributed by atoms with Crippen LogP contribution in [0, 0.1) is 11.6 Å². The van der Waals surface area contributed by atoms with Crippen molar-refractivity contribution in [2.24, 2.45) is 5.14 Å². The second-order valence-electron chi connectivity index (χ2n) is 7.11. The number of carbonyl (C=O) groups is 1. The Labute approximate surface area is 182 Å². The van der Waals surface area contributed by atoms with Gasteiger partial charge in [-0.05, 0) is 24.3 Å². The van der Waals surface area contributed by atoms with Crippen molar-refractivity contribution in [3.05, 3.63) is 65.9 Å². The summed E-state index contributed by atoms with van der Waals surface area (Å²) in [4.78, 5) is 23.8. The van der Waals surface area contributed by atoms with Gasteiger partial charge in [-0.25, -0.2) is 27.3 Å². The second-order valence-corrected chi connectivity index (χ2v) is 8.64. The summed E-state index contributed by atoms with van der Waals surface area (Å²) < 4.78 is 52.6. The number of amides is 1. The van der Waals surface area contributed by atoms with Gasteiger partial charge < -0.3 is 15.1 Å². The fraction of sp³-hybridized carbons (Fsp3) is 0.150. The molecule has 166 valence electrons. The third-order valence-electron chi connectivity index (χ3n) is 5.11. The van der Waals surface area contributed by atoms with Crippen LogP contribution in [0.25, 0.3) is 0 Å². The van der Waals surface area contributed by atoms with Crippen LogP contribution in [0.1, 0.15) is 11.6 Å². The molecule has 2 aromatic carbocycles. The van der Waals surface area contributed by atoms with Crippen molar-refractivity contribution in [2.75, 3.05) is 29.2 Å². The molecule has 0 radical (unpaired) electrons. The summed E-state index contributed by atoms with van der Waals surface area (Å²) >= 11 is 0. The van der Waals surface area contributed by atoms with Gasteiger partial charge in [0.05, 0.1) is 17.4 Å². The highest BCUT2D eigenvalue weighted by molar-refractivity contribution is 7.89. The van der Waals surface area contributed by atoms with Gasteiger partial charge >= 0.3 is 0 Å². The molecule has 0 spiro atoms. The van der Waals surface area contributed by atoms with E-state index in [0.29, 0.717) is 5.69 Å². The lowest BCUT2D eigenvalue weighted by molar-refractivity contribution is -0.120. The minimum absolute atomic E-state index is 0.00204. The molecular formula is C20H18F2N6O3S. The van der Waals surface area contributed by atoms with Crippen molar-refractivity contribution in [3.63, 3.8) is 0 Å². The second kappa shape index (κ2) is 7.80. The molecule has 0 aliphatic carbocycles. The number of hydrogen-bond donors (Lipinski definition) is 2. The van der Waals surface area contributed by atoms with E-state index in [-0.39, 0.29) is 22.3 Å². The summed E-state index contributed by atoms with van der Waals surface area (Å²) in [6.45, 7) is 0. The van der Waals surface area contributed by atoms with E-state index in [1.165, 1.54) is 54.4 Å². The molecule has 9 nitrogen and oxygen atoms in total. The van der Waals surface area contributed by atoms with Gasteiger partial charge in [-0.3, -0.25) is 4.79 Å². The molecule has 1 amide bonds. The van der Waals surface area contributed by atoms with Gasteiger partial charge in [0.25, 0.3) is 5.91 Å². The molecule has 12 heteroatoms. The van der Waals surface area contributed by atoms with Crippen LogP contribution >= 0.6 is 0 Å². The van der Waals surface area contributed by atoms with E-state index in [1.54, 1.807) is 6.07 Å². The number of anilines is 4. The van der Waals surface area contributed by atoms with Gasteiger partial charge in [0, 0.05) is 14.1 Å². The molecule has 4 rings (SSSR count). The SMILES string of the molecule is CN1C(=O)C(c2c(F)cccc2F)N(C)c2nc(Nc3ccccc3S(N)(=O)=O)ncc21. The van der Waals surface area contributed by atoms with Crippen LogP contribution in [-0.4, -0.2) is 38.4 Å².